The Balaban J connectivity index is 2.80. The molecule has 28 heavy (non-hydrogen) atoms. The maximum Gasteiger partial charge on any atom is 0.333 e. The van der Waals surface area contributed by atoms with Crippen molar-refractivity contribution in [3.63, 3.8) is 0 Å². The molecule has 0 fully saturated rings. The molecule has 1 aliphatic rings. The Labute approximate surface area is 161 Å². The summed E-state index contributed by atoms with van der Waals surface area (Å²) in [5.74, 6) is -3.17. The van der Waals surface area contributed by atoms with Crippen LogP contribution in [-0.2, 0) is 14.3 Å². The average molecular weight is 387 g/mol. The van der Waals surface area contributed by atoms with Gasteiger partial charge in [-0.2, -0.15) is 5.26 Å². The molecule has 0 amide bonds. The van der Waals surface area contributed by atoms with Gasteiger partial charge in [0.25, 0.3) is 5.69 Å². The van der Waals surface area contributed by atoms with Crippen molar-refractivity contribution in [2.45, 2.75) is 45.8 Å². The van der Waals surface area contributed by atoms with E-state index in [2.05, 4.69) is 5.32 Å². The van der Waals surface area contributed by atoms with E-state index < -0.39 is 40.3 Å². The number of non-ortho nitro benzene ring substituents is 1. The van der Waals surface area contributed by atoms with Crippen LogP contribution in [0.25, 0.3) is 0 Å². The number of carboxylic acids is 1. The van der Waals surface area contributed by atoms with Crippen molar-refractivity contribution >= 4 is 17.6 Å². The summed E-state index contributed by atoms with van der Waals surface area (Å²) < 4.78 is 5.34. The maximum absolute atomic E-state index is 13.0. The number of nitro groups is 1. The quantitative estimate of drug-likeness (QED) is 0.446. The van der Waals surface area contributed by atoms with Gasteiger partial charge in [0.2, 0.25) is 0 Å². The fourth-order valence-corrected chi connectivity index (χ4v) is 3.48. The monoisotopic (exact) mass is 387 g/mol. The van der Waals surface area contributed by atoms with Gasteiger partial charge in [0.1, 0.15) is 11.5 Å². The van der Waals surface area contributed by atoms with Crippen LogP contribution >= 0.6 is 0 Å². The second kappa shape index (κ2) is 7.68. The molecule has 0 radical (unpaired) electrons. The van der Waals surface area contributed by atoms with E-state index in [9.17, 15) is 30.1 Å². The molecule has 0 spiro atoms. The number of ether oxygens (including phenoxy) is 1. The van der Waals surface area contributed by atoms with Crippen molar-refractivity contribution in [1.29, 1.82) is 5.26 Å². The zero-order valence-corrected chi connectivity index (χ0v) is 15.9. The highest BCUT2D eigenvalue weighted by atomic mass is 16.6. The van der Waals surface area contributed by atoms with E-state index in [-0.39, 0.29) is 22.5 Å². The lowest BCUT2D eigenvalue weighted by Crippen LogP contribution is -2.56. The number of hydrogen-bond donors (Lipinski definition) is 2. The van der Waals surface area contributed by atoms with E-state index >= 15 is 0 Å². The van der Waals surface area contributed by atoms with Crippen LogP contribution in [0.5, 0.6) is 0 Å². The first-order valence-corrected chi connectivity index (χ1v) is 8.59. The van der Waals surface area contributed by atoms with Crippen molar-refractivity contribution < 1.29 is 24.4 Å². The molecule has 1 aliphatic heterocycles. The number of nitrogens with one attached hydrogen (secondary N) is 1. The first-order valence-electron chi connectivity index (χ1n) is 8.59. The van der Waals surface area contributed by atoms with E-state index in [1.165, 1.54) is 38.1 Å². The number of carboxylic acid groups (broad SMARTS) is 1. The first-order chi connectivity index (χ1) is 13.0. The summed E-state index contributed by atoms with van der Waals surface area (Å²) in [5, 5.41) is 33.4. The number of nitro benzene ring substituents is 1. The minimum Gasteiger partial charge on any atom is -0.478 e. The molecular weight excluding hydrogens is 366 g/mol. The molecule has 0 aliphatic carbocycles. The fourth-order valence-electron chi connectivity index (χ4n) is 3.48. The molecule has 2 rings (SSSR count). The van der Waals surface area contributed by atoms with Gasteiger partial charge in [-0.1, -0.05) is 12.1 Å². The predicted molar refractivity (Wildman–Crippen MR) is 98.0 cm³/mol. The lowest BCUT2D eigenvalue weighted by molar-refractivity contribution is -0.384. The molecule has 2 N–H and O–H groups in total. The molecular formula is C19H21N3O6. The van der Waals surface area contributed by atoms with Crippen molar-refractivity contribution in [2.75, 3.05) is 0 Å². The molecule has 0 saturated heterocycles. The molecule has 1 heterocycles. The number of carbonyl (C=O) groups is 2. The lowest BCUT2D eigenvalue weighted by atomic mass is 9.63. The zero-order valence-electron chi connectivity index (χ0n) is 15.9. The van der Waals surface area contributed by atoms with Crippen LogP contribution in [0.2, 0.25) is 0 Å². The number of hydrogen-bond acceptors (Lipinski definition) is 7. The Morgan fingerprint density at radius 3 is 2.57 bits per heavy atom. The number of esters is 1. The summed E-state index contributed by atoms with van der Waals surface area (Å²) in [6, 6.07) is 6.33. The van der Waals surface area contributed by atoms with E-state index in [1.54, 1.807) is 13.8 Å². The topological polar surface area (TPSA) is 143 Å². The van der Waals surface area contributed by atoms with Gasteiger partial charge in [-0.25, -0.2) is 4.79 Å². The summed E-state index contributed by atoms with van der Waals surface area (Å²) in [5.41, 5.74) is -1.55. The van der Waals surface area contributed by atoms with Crippen molar-refractivity contribution in [3.8, 4) is 6.07 Å². The van der Waals surface area contributed by atoms with Crippen molar-refractivity contribution in [2.24, 2.45) is 5.41 Å². The first kappa shape index (κ1) is 20.9. The molecule has 148 valence electrons. The largest absolute Gasteiger partial charge is 0.478 e. The number of nitriles is 1. The summed E-state index contributed by atoms with van der Waals surface area (Å²) >= 11 is 0. The third kappa shape index (κ3) is 3.53. The third-order valence-corrected chi connectivity index (χ3v) is 4.81. The van der Waals surface area contributed by atoms with Crippen LogP contribution in [0.1, 0.15) is 39.2 Å². The highest BCUT2D eigenvalue weighted by Gasteiger charge is 2.56. The second-order valence-corrected chi connectivity index (χ2v) is 7.07. The van der Waals surface area contributed by atoms with E-state index in [1.807, 2.05) is 6.07 Å². The fraction of sp³-hybridized carbons (Fsp3) is 0.421. The molecule has 9 heteroatoms. The molecule has 9 nitrogen and oxygen atoms in total. The van der Waals surface area contributed by atoms with Crippen LogP contribution in [0.4, 0.5) is 5.69 Å². The highest BCUT2D eigenvalue weighted by molar-refractivity contribution is 5.93. The molecule has 1 aromatic carbocycles. The number of benzene rings is 1. The summed E-state index contributed by atoms with van der Waals surface area (Å²) in [4.78, 5) is 35.6. The smallest absolute Gasteiger partial charge is 0.333 e. The predicted octanol–water partition coefficient (Wildman–Crippen LogP) is 2.49. The molecule has 3 atom stereocenters. The number of nitrogens with zero attached hydrogens (tertiary/aromatic N) is 2. The Morgan fingerprint density at radius 2 is 2.07 bits per heavy atom. The van der Waals surface area contributed by atoms with E-state index in [0.717, 1.165) is 0 Å². The maximum atomic E-state index is 13.0. The molecule has 3 unspecified atom stereocenters. The van der Waals surface area contributed by atoms with Gasteiger partial charge < -0.3 is 15.2 Å². The van der Waals surface area contributed by atoms with Gasteiger partial charge in [0.05, 0.1) is 22.7 Å². The minimum absolute atomic E-state index is 0.143. The average Bonchev–Trinajstić information content (AvgIpc) is 2.61. The second-order valence-electron chi connectivity index (χ2n) is 7.07. The zero-order chi connectivity index (χ0) is 21.2. The number of rotatable bonds is 5. The molecule has 0 bridgehead atoms. The van der Waals surface area contributed by atoms with Crippen LogP contribution in [-0.4, -0.2) is 34.1 Å². The van der Waals surface area contributed by atoms with Gasteiger partial charge >= 0.3 is 11.9 Å². The van der Waals surface area contributed by atoms with Crippen LogP contribution < -0.4 is 5.32 Å². The van der Waals surface area contributed by atoms with Crippen LogP contribution in [0, 0.1) is 26.9 Å². The standard InChI is InChI=1S/C19H21N3O6/c1-10(2)28-18(25)19(4)14(9-20)21-11(3)15(17(23)24)16(19)12-6-5-7-13(8-12)22(26)27/h5-8,10,14,16,21H,1-4H3,(H,23,24). The van der Waals surface area contributed by atoms with Crippen LogP contribution in [0.3, 0.4) is 0 Å². The third-order valence-electron chi connectivity index (χ3n) is 4.81. The normalized spacial score (nSPS) is 24.3. The lowest BCUT2D eigenvalue weighted by Gasteiger charge is -2.44. The highest BCUT2D eigenvalue weighted by Crippen LogP contribution is 2.49. The summed E-state index contributed by atoms with van der Waals surface area (Å²) in [6.07, 6.45) is -0.491. The number of allylic oxidation sites excluding steroid dienone is 1. The van der Waals surface area contributed by atoms with Gasteiger partial charge in [-0.3, -0.25) is 14.9 Å². The SMILES string of the molecule is CC1=C(C(=O)O)C(c2cccc([N+](=O)[O-])c2)C(C)(C(=O)OC(C)C)C(C#N)N1. The molecule has 0 aromatic heterocycles. The summed E-state index contributed by atoms with van der Waals surface area (Å²) in [6.45, 7) is 6.21. The van der Waals surface area contributed by atoms with Gasteiger partial charge in [0.15, 0.2) is 0 Å². The van der Waals surface area contributed by atoms with E-state index in [4.69, 9.17) is 4.74 Å². The Bertz CT molecular complexity index is 901. The van der Waals surface area contributed by atoms with Gasteiger partial charge in [-0.05, 0) is 33.3 Å². The van der Waals surface area contributed by atoms with Gasteiger partial charge in [-0.15, -0.1) is 0 Å². The van der Waals surface area contributed by atoms with Gasteiger partial charge in [0, 0.05) is 23.7 Å². The minimum atomic E-state index is -1.62. The van der Waals surface area contributed by atoms with Crippen molar-refractivity contribution in [3.05, 3.63) is 51.2 Å². The Hall–Kier alpha value is -3.41. The van der Waals surface area contributed by atoms with Crippen molar-refractivity contribution in [1.82, 2.24) is 5.32 Å². The molecule has 0 saturated carbocycles. The Kier molecular flexibility index (Phi) is 5.73. The number of aliphatic carboxylic acids is 1. The number of carbonyl (C=O) groups excluding carboxylic acids is 1. The Morgan fingerprint density at radius 1 is 1.43 bits per heavy atom. The van der Waals surface area contributed by atoms with Crippen LogP contribution in [0.15, 0.2) is 35.5 Å². The van der Waals surface area contributed by atoms with E-state index in [0.29, 0.717) is 0 Å². The summed E-state index contributed by atoms with van der Waals surface area (Å²) in [7, 11) is 0. The molecule has 1 aromatic rings.